The molecule has 0 aromatic carbocycles. The van der Waals surface area contributed by atoms with Crippen molar-refractivity contribution in [3.05, 3.63) is 0 Å². The maximum absolute atomic E-state index is 8.46. The van der Waals surface area contributed by atoms with Crippen LogP contribution in [0.4, 0.5) is 0 Å². The minimum Gasteiger partial charge on any atom is -0.385 e. The lowest BCUT2D eigenvalue weighted by Crippen LogP contribution is -2.30. The number of hydrogen-bond acceptors (Lipinski definition) is 4. The van der Waals surface area contributed by atoms with Gasteiger partial charge in [0.05, 0.1) is 12.7 Å². The monoisotopic (exact) mass is 214 g/mol. The molecule has 0 aliphatic heterocycles. The number of ether oxygens (including phenoxy) is 2. The van der Waals surface area contributed by atoms with Gasteiger partial charge >= 0.3 is 0 Å². The molecule has 0 amide bonds. The molecule has 0 aromatic rings. The van der Waals surface area contributed by atoms with Gasteiger partial charge in [-0.15, -0.1) is 0 Å². The number of unbranched alkanes of at least 4 members (excludes halogenated alkanes) is 1. The fourth-order valence-electron chi connectivity index (χ4n) is 1.37. The summed E-state index contributed by atoms with van der Waals surface area (Å²) in [5.74, 6) is 0. The van der Waals surface area contributed by atoms with Crippen LogP contribution < -0.4 is 0 Å². The Morgan fingerprint density at radius 2 is 1.67 bits per heavy atom. The molecule has 0 aliphatic rings. The van der Waals surface area contributed by atoms with E-state index in [9.17, 15) is 0 Å². The van der Waals surface area contributed by atoms with Crippen LogP contribution >= 0.6 is 0 Å². The highest BCUT2D eigenvalue weighted by atomic mass is 16.5. The minimum atomic E-state index is 0.633. The molecule has 0 radical (unpaired) electrons. The van der Waals surface area contributed by atoms with Gasteiger partial charge in [0.2, 0.25) is 0 Å². The van der Waals surface area contributed by atoms with Gasteiger partial charge < -0.3 is 14.4 Å². The van der Waals surface area contributed by atoms with Gasteiger partial charge in [0.15, 0.2) is 0 Å². The van der Waals surface area contributed by atoms with Crippen molar-refractivity contribution in [3.8, 4) is 6.07 Å². The lowest BCUT2D eigenvalue weighted by molar-refractivity contribution is 0.132. The lowest BCUT2D eigenvalue weighted by atomic mass is 10.3. The van der Waals surface area contributed by atoms with Crippen molar-refractivity contribution in [1.29, 1.82) is 5.26 Å². The maximum Gasteiger partial charge on any atom is 0.0622 e. The Labute approximate surface area is 92.8 Å². The Kier molecular flexibility index (Phi) is 11.0. The first-order chi connectivity index (χ1) is 7.35. The van der Waals surface area contributed by atoms with E-state index in [1.165, 1.54) is 0 Å². The zero-order valence-electron chi connectivity index (χ0n) is 9.87. The van der Waals surface area contributed by atoms with Gasteiger partial charge in [0, 0.05) is 40.3 Å². The highest BCUT2D eigenvalue weighted by Crippen LogP contribution is 1.97. The first kappa shape index (κ1) is 14.4. The van der Waals surface area contributed by atoms with Gasteiger partial charge in [0.1, 0.15) is 0 Å². The van der Waals surface area contributed by atoms with Gasteiger partial charge in [-0.3, -0.25) is 0 Å². The quantitative estimate of drug-likeness (QED) is 0.514. The van der Waals surface area contributed by atoms with E-state index < -0.39 is 0 Å². The van der Waals surface area contributed by atoms with E-state index in [2.05, 4.69) is 11.0 Å². The molecule has 4 heteroatoms. The zero-order valence-corrected chi connectivity index (χ0v) is 9.87. The van der Waals surface area contributed by atoms with Crippen LogP contribution in [0.2, 0.25) is 0 Å². The van der Waals surface area contributed by atoms with E-state index in [-0.39, 0.29) is 0 Å². The number of rotatable bonds is 10. The molecule has 0 fully saturated rings. The minimum absolute atomic E-state index is 0.633. The van der Waals surface area contributed by atoms with Crippen molar-refractivity contribution in [1.82, 2.24) is 4.90 Å². The van der Waals surface area contributed by atoms with Crippen molar-refractivity contribution >= 4 is 0 Å². The van der Waals surface area contributed by atoms with Crippen LogP contribution in [-0.4, -0.2) is 52.0 Å². The van der Waals surface area contributed by atoms with E-state index in [1.54, 1.807) is 14.2 Å². The van der Waals surface area contributed by atoms with Gasteiger partial charge in [-0.1, -0.05) is 0 Å². The molecule has 0 aromatic heterocycles. The van der Waals surface area contributed by atoms with Crippen molar-refractivity contribution < 1.29 is 9.47 Å². The lowest BCUT2D eigenvalue weighted by Gasteiger charge is -2.21. The number of nitrogens with zero attached hydrogens (tertiary/aromatic N) is 2. The average Bonchev–Trinajstić information content (AvgIpc) is 2.25. The van der Waals surface area contributed by atoms with E-state index in [4.69, 9.17) is 14.7 Å². The van der Waals surface area contributed by atoms with E-state index >= 15 is 0 Å². The van der Waals surface area contributed by atoms with Crippen molar-refractivity contribution in [3.63, 3.8) is 0 Å². The Balaban J connectivity index is 3.59. The molecule has 0 saturated carbocycles. The molecule has 0 heterocycles. The maximum atomic E-state index is 8.46. The summed E-state index contributed by atoms with van der Waals surface area (Å²) in [5.41, 5.74) is 0. The van der Waals surface area contributed by atoms with Gasteiger partial charge in [-0.2, -0.15) is 5.26 Å². The van der Waals surface area contributed by atoms with Crippen LogP contribution in [0.3, 0.4) is 0 Å². The second-order valence-corrected chi connectivity index (χ2v) is 3.44. The molecule has 0 unspecified atom stereocenters. The molecule has 4 nitrogen and oxygen atoms in total. The van der Waals surface area contributed by atoms with Crippen LogP contribution in [0.1, 0.15) is 19.3 Å². The topological polar surface area (TPSA) is 45.5 Å². The molecule has 0 spiro atoms. The fourth-order valence-corrected chi connectivity index (χ4v) is 1.37. The average molecular weight is 214 g/mol. The molecule has 15 heavy (non-hydrogen) atoms. The van der Waals surface area contributed by atoms with Crippen LogP contribution in [0, 0.1) is 11.3 Å². The Hall–Kier alpha value is -0.630. The van der Waals surface area contributed by atoms with Crippen molar-refractivity contribution in [2.45, 2.75) is 19.3 Å². The molecular formula is C11H22N2O2. The second-order valence-electron chi connectivity index (χ2n) is 3.44. The smallest absolute Gasteiger partial charge is 0.0622 e. The van der Waals surface area contributed by atoms with Gasteiger partial charge in [0.25, 0.3) is 0 Å². The first-order valence-electron chi connectivity index (χ1n) is 5.42. The molecular weight excluding hydrogens is 192 g/mol. The summed E-state index contributed by atoms with van der Waals surface area (Å²) in [7, 11) is 3.43. The number of nitriles is 1. The third kappa shape index (κ3) is 9.67. The largest absolute Gasteiger partial charge is 0.385 e. The SMILES string of the molecule is COCCCN(CCCC#N)CCOC. The summed E-state index contributed by atoms with van der Waals surface area (Å²) in [5, 5.41) is 8.46. The summed E-state index contributed by atoms with van der Waals surface area (Å²) >= 11 is 0. The highest BCUT2D eigenvalue weighted by molar-refractivity contribution is 4.70. The zero-order chi connectivity index (χ0) is 11.4. The summed E-state index contributed by atoms with van der Waals surface area (Å²) in [6.07, 6.45) is 2.60. The Morgan fingerprint density at radius 3 is 2.27 bits per heavy atom. The third-order valence-electron chi connectivity index (χ3n) is 2.20. The van der Waals surface area contributed by atoms with Crippen LogP contribution in [-0.2, 0) is 9.47 Å². The molecule has 88 valence electrons. The predicted molar refractivity (Wildman–Crippen MR) is 59.7 cm³/mol. The molecule has 0 rings (SSSR count). The molecule has 0 saturated heterocycles. The molecule has 0 atom stereocenters. The third-order valence-corrected chi connectivity index (χ3v) is 2.20. The van der Waals surface area contributed by atoms with E-state index in [0.29, 0.717) is 6.42 Å². The summed E-state index contributed by atoms with van der Waals surface area (Å²) in [4.78, 5) is 2.32. The first-order valence-corrected chi connectivity index (χ1v) is 5.42. The van der Waals surface area contributed by atoms with Crippen LogP contribution in [0.25, 0.3) is 0 Å². The van der Waals surface area contributed by atoms with Gasteiger partial charge in [-0.05, 0) is 19.4 Å². The van der Waals surface area contributed by atoms with Crippen molar-refractivity contribution in [2.24, 2.45) is 0 Å². The van der Waals surface area contributed by atoms with Crippen molar-refractivity contribution in [2.75, 3.05) is 47.1 Å². The summed E-state index contributed by atoms with van der Waals surface area (Å²) in [6.45, 7) is 4.47. The van der Waals surface area contributed by atoms with E-state index in [0.717, 1.165) is 45.7 Å². The Bertz CT molecular complexity index is 168. The predicted octanol–water partition coefficient (Wildman–Crippen LogP) is 1.28. The van der Waals surface area contributed by atoms with Crippen LogP contribution in [0.15, 0.2) is 0 Å². The summed E-state index contributed by atoms with van der Waals surface area (Å²) < 4.78 is 10.1. The molecule has 0 aliphatic carbocycles. The molecule has 0 bridgehead atoms. The normalized spacial score (nSPS) is 10.5. The van der Waals surface area contributed by atoms with Gasteiger partial charge in [-0.25, -0.2) is 0 Å². The number of hydrogen-bond donors (Lipinski definition) is 0. The molecule has 0 N–H and O–H groups in total. The highest BCUT2D eigenvalue weighted by Gasteiger charge is 2.03. The fraction of sp³-hybridized carbons (Fsp3) is 0.909. The Morgan fingerprint density at radius 1 is 1.00 bits per heavy atom. The van der Waals surface area contributed by atoms with E-state index in [1.807, 2.05) is 0 Å². The second kappa shape index (κ2) is 11.4. The summed E-state index contributed by atoms with van der Waals surface area (Å²) in [6, 6.07) is 2.16. The standard InChI is InChI=1S/C11H22N2O2/c1-14-10-5-8-13(9-11-15-2)7-4-3-6-12/h3-5,7-11H2,1-2H3. The van der Waals surface area contributed by atoms with Crippen LogP contribution in [0.5, 0.6) is 0 Å². The number of methoxy groups -OCH3 is 2.